The van der Waals surface area contributed by atoms with Crippen molar-refractivity contribution < 1.29 is 9.18 Å². The predicted octanol–water partition coefficient (Wildman–Crippen LogP) is 4.49. The number of hydrogen-bond donors (Lipinski definition) is 2. The number of halogens is 1. The fourth-order valence-electron chi connectivity index (χ4n) is 2.45. The number of carbonyl (C=O) groups excluding carboxylic acids is 1. The van der Waals surface area contributed by atoms with Crippen LogP contribution in [0, 0.1) is 10.6 Å². The number of nitrogens with one attached hydrogen (secondary N) is 2. The van der Waals surface area contributed by atoms with Gasteiger partial charge in [0.05, 0.1) is 0 Å². The molecule has 0 aliphatic rings. The number of rotatable bonds is 4. The van der Waals surface area contributed by atoms with E-state index in [1.165, 1.54) is 12.1 Å². The molecule has 0 bridgehead atoms. The van der Waals surface area contributed by atoms with E-state index in [1.807, 2.05) is 24.3 Å². The van der Waals surface area contributed by atoms with Crippen LogP contribution in [0.25, 0.3) is 5.69 Å². The van der Waals surface area contributed by atoms with Gasteiger partial charge >= 0.3 is 0 Å². The molecule has 1 heterocycles. The standard InChI is InChI=1S/C18H16FN3OS/c1-2-12-4-3-5-14(10-12)21-17(23)16-11-20-18(24)22(16)15-8-6-13(19)7-9-15/h3-11H,2H2,1H3,(H,20,24)(H,21,23). The maximum absolute atomic E-state index is 13.1. The lowest BCUT2D eigenvalue weighted by molar-refractivity contribution is 0.102. The smallest absolute Gasteiger partial charge is 0.274 e. The Balaban J connectivity index is 1.93. The number of aromatic amines is 1. The summed E-state index contributed by atoms with van der Waals surface area (Å²) >= 11 is 5.24. The predicted molar refractivity (Wildman–Crippen MR) is 94.7 cm³/mol. The van der Waals surface area contributed by atoms with Crippen molar-refractivity contribution in [1.29, 1.82) is 0 Å². The van der Waals surface area contributed by atoms with E-state index >= 15 is 0 Å². The molecular formula is C18H16FN3OS. The summed E-state index contributed by atoms with van der Waals surface area (Å²) in [5.41, 5.74) is 2.83. The minimum Gasteiger partial charge on any atom is -0.336 e. The Morgan fingerprint density at radius 1 is 1.25 bits per heavy atom. The molecule has 0 unspecified atom stereocenters. The Hall–Kier alpha value is -2.73. The fraction of sp³-hybridized carbons (Fsp3) is 0.111. The molecule has 0 fully saturated rings. The minimum absolute atomic E-state index is 0.292. The number of benzene rings is 2. The molecule has 1 aromatic heterocycles. The third-order valence-electron chi connectivity index (χ3n) is 3.69. The van der Waals surface area contributed by atoms with Crippen LogP contribution in [-0.2, 0) is 6.42 Å². The number of H-pyrrole nitrogens is 1. The maximum Gasteiger partial charge on any atom is 0.274 e. The first kappa shape index (κ1) is 16.1. The molecule has 0 radical (unpaired) electrons. The zero-order valence-electron chi connectivity index (χ0n) is 13.0. The minimum atomic E-state index is -0.344. The zero-order valence-corrected chi connectivity index (χ0v) is 13.9. The van der Waals surface area contributed by atoms with Gasteiger partial charge in [-0.3, -0.25) is 9.36 Å². The molecule has 2 N–H and O–H groups in total. The van der Waals surface area contributed by atoms with Gasteiger partial charge in [0.1, 0.15) is 11.5 Å². The summed E-state index contributed by atoms with van der Waals surface area (Å²) in [5.74, 6) is -0.636. The lowest BCUT2D eigenvalue weighted by Crippen LogP contribution is -2.16. The van der Waals surface area contributed by atoms with E-state index in [1.54, 1.807) is 22.9 Å². The van der Waals surface area contributed by atoms with Crippen LogP contribution < -0.4 is 5.32 Å². The monoisotopic (exact) mass is 341 g/mol. The quantitative estimate of drug-likeness (QED) is 0.687. The lowest BCUT2D eigenvalue weighted by Gasteiger charge is -2.10. The SMILES string of the molecule is CCc1cccc(NC(=O)c2c[nH]c(=S)n2-c2ccc(F)cc2)c1. The highest BCUT2D eigenvalue weighted by Crippen LogP contribution is 2.16. The second-order valence-corrected chi connectivity index (χ2v) is 5.69. The molecule has 122 valence electrons. The van der Waals surface area contributed by atoms with E-state index < -0.39 is 0 Å². The van der Waals surface area contributed by atoms with Crippen LogP contribution in [0.2, 0.25) is 0 Å². The van der Waals surface area contributed by atoms with E-state index in [-0.39, 0.29) is 11.7 Å². The molecule has 24 heavy (non-hydrogen) atoms. The number of aryl methyl sites for hydroxylation is 1. The van der Waals surface area contributed by atoms with Crippen LogP contribution in [0.5, 0.6) is 0 Å². The van der Waals surface area contributed by atoms with Crippen molar-refractivity contribution in [2.75, 3.05) is 5.32 Å². The van der Waals surface area contributed by atoms with E-state index in [4.69, 9.17) is 12.2 Å². The molecule has 0 saturated heterocycles. The second kappa shape index (κ2) is 6.80. The van der Waals surface area contributed by atoms with E-state index in [9.17, 15) is 9.18 Å². The summed E-state index contributed by atoms with van der Waals surface area (Å²) < 4.78 is 15.1. The van der Waals surface area contributed by atoms with Crippen molar-refractivity contribution >= 4 is 23.8 Å². The molecule has 0 aliphatic carbocycles. The average Bonchev–Trinajstić information content (AvgIpc) is 2.97. The number of amides is 1. The van der Waals surface area contributed by atoms with Crippen molar-refractivity contribution in [2.45, 2.75) is 13.3 Å². The van der Waals surface area contributed by atoms with Gasteiger partial charge in [-0.15, -0.1) is 0 Å². The lowest BCUT2D eigenvalue weighted by atomic mass is 10.1. The first-order chi connectivity index (χ1) is 11.6. The second-order valence-electron chi connectivity index (χ2n) is 5.30. The summed E-state index contributed by atoms with van der Waals surface area (Å²) in [6, 6.07) is 13.5. The van der Waals surface area contributed by atoms with Gasteiger partial charge in [0.25, 0.3) is 5.91 Å². The highest BCUT2D eigenvalue weighted by atomic mass is 32.1. The third kappa shape index (κ3) is 3.28. The van der Waals surface area contributed by atoms with Crippen molar-refractivity contribution in [1.82, 2.24) is 9.55 Å². The van der Waals surface area contributed by atoms with Crippen LogP contribution in [0.4, 0.5) is 10.1 Å². The van der Waals surface area contributed by atoms with E-state index in [0.29, 0.717) is 16.2 Å². The Kier molecular flexibility index (Phi) is 4.57. The highest BCUT2D eigenvalue weighted by Gasteiger charge is 2.15. The molecule has 1 amide bonds. The van der Waals surface area contributed by atoms with Gasteiger partial charge in [0.2, 0.25) is 0 Å². The average molecular weight is 341 g/mol. The molecule has 6 heteroatoms. The summed E-state index contributed by atoms with van der Waals surface area (Å²) in [5, 5.41) is 2.87. The number of anilines is 1. The van der Waals surface area contributed by atoms with Crippen LogP contribution in [0.3, 0.4) is 0 Å². The van der Waals surface area contributed by atoms with Gasteiger partial charge < -0.3 is 10.3 Å². The van der Waals surface area contributed by atoms with Gasteiger partial charge in [-0.25, -0.2) is 4.39 Å². The first-order valence-electron chi connectivity index (χ1n) is 7.55. The Bertz CT molecular complexity index is 928. The molecule has 0 aliphatic heterocycles. The van der Waals surface area contributed by atoms with Crippen LogP contribution in [0.15, 0.2) is 54.7 Å². The van der Waals surface area contributed by atoms with Crippen LogP contribution >= 0.6 is 12.2 Å². The summed E-state index contributed by atoms with van der Waals surface area (Å²) in [4.78, 5) is 15.5. The van der Waals surface area contributed by atoms with Crippen molar-refractivity contribution in [2.24, 2.45) is 0 Å². The van der Waals surface area contributed by atoms with Gasteiger partial charge in [0.15, 0.2) is 4.77 Å². The topological polar surface area (TPSA) is 49.8 Å². The summed E-state index contributed by atoms with van der Waals surface area (Å²) in [6.45, 7) is 2.05. The molecule has 3 rings (SSSR count). The zero-order chi connectivity index (χ0) is 17.1. The highest BCUT2D eigenvalue weighted by molar-refractivity contribution is 7.71. The van der Waals surface area contributed by atoms with Gasteiger partial charge in [-0.2, -0.15) is 0 Å². The van der Waals surface area contributed by atoms with Gasteiger partial charge in [-0.1, -0.05) is 19.1 Å². The number of aromatic nitrogens is 2. The van der Waals surface area contributed by atoms with Crippen molar-refractivity contribution in [3.8, 4) is 5.69 Å². The number of imidazole rings is 1. The molecule has 0 saturated carbocycles. The third-order valence-corrected chi connectivity index (χ3v) is 3.99. The molecule has 3 aromatic rings. The van der Waals surface area contributed by atoms with Gasteiger partial charge in [-0.05, 0) is 60.6 Å². The maximum atomic E-state index is 13.1. The first-order valence-corrected chi connectivity index (χ1v) is 7.96. The summed E-state index contributed by atoms with van der Waals surface area (Å²) in [6.07, 6.45) is 2.43. The largest absolute Gasteiger partial charge is 0.336 e. The van der Waals surface area contributed by atoms with E-state index in [0.717, 1.165) is 17.7 Å². The van der Waals surface area contributed by atoms with E-state index in [2.05, 4.69) is 17.2 Å². The molecular weight excluding hydrogens is 325 g/mol. The Morgan fingerprint density at radius 2 is 2.00 bits per heavy atom. The Labute approximate surface area is 144 Å². The van der Waals surface area contributed by atoms with Gasteiger partial charge in [0, 0.05) is 17.6 Å². The molecule has 0 spiro atoms. The molecule has 2 aromatic carbocycles. The summed E-state index contributed by atoms with van der Waals surface area (Å²) in [7, 11) is 0. The fourth-order valence-corrected chi connectivity index (χ4v) is 2.71. The number of hydrogen-bond acceptors (Lipinski definition) is 2. The Morgan fingerprint density at radius 3 is 2.71 bits per heavy atom. The normalized spacial score (nSPS) is 10.6. The number of nitrogens with zero attached hydrogens (tertiary/aromatic N) is 1. The molecule has 0 atom stereocenters. The van der Waals surface area contributed by atoms with Crippen LogP contribution in [-0.4, -0.2) is 15.5 Å². The van der Waals surface area contributed by atoms with Crippen molar-refractivity contribution in [3.05, 3.63) is 76.6 Å². The molecule has 4 nitrogen and oxygen atoms in total. The van der Waals surface area contributed by atoms with Crippen LogP contribution in [0.1, 0.15) is 23.0 Å². The van der Waals surface area contributed by atoms with Crippen molar-refractivity contribution in [3.63, 3.8) is 0 Å². The number of carbonyl (C=O) groups is 1.